The van der Waals surface area contributed by atoms with Crippen LogP contribution in [0.4, 0.5) is 0 Å². The van der Waals surface area contributed by atoms with E-state index in [0.717, 1.165) is 0 Å². The minimum Gasteiger partial charge on any atom is -0.481 e. The van der Waals surface area contributed by atoms with Crippen LogP contribution in [-0.2, 0) is 9.59 Å². The molecule has 0 atom stereocenters. The van der Waals surface area contributed by atoms with E-state index < -0.39 is 11.9 Å². The minimum atomic E-state index is -0.870. The molecular weight excluding hydrogens is 204 g/mol. The molecule has 4 N–H and O–H groups in total. The van der Waals surface area contributed by atoms with Gasteiger partial charge in [-0.2, -0.15) is 0 Å². The van der Waals surface area contributed by atoms with Crippen LogP contribution in [0.1, 0.15) is 32.1 Å². The van der Waals surface area contributed by atoms with Gasteiger partial charge in [-0.1, -0.05) is 0 Å². The number of rotatable bonds is 7. The second kappa shape index (κ2) is 12.9. The third-order valence-corrected chi connectivity index (χ3v) is 1.35. The second-order valence-corrected chi connectivity index (χ2v) is 2.80. The molecule has 0 fully saturated rings. The van der Waals surface area contributed by atoms with Crippen molar-refractivity contribution in [2.75, 3.05) is 13.2 Å². The molecule has 15 heavy (non-hydrogen) atoms. The summed E-state index contributed by atoms with van der Waals surface area (Å²) in [6, 6.07) is 0. The Morgan fingerprint density at radius 1 is 0.733 bits per heavy atom. The van der Waals surface area contributed by atoms with Crippen molar-refractivity contribution < 1.29 is 30.0 Å². The number of carbonyl (C=O) groups is 2. The Morgan fingerprint density at radius 2 is 1.07 bits per heavy atom. The van der Waals surface area contributed by atoms with Crippen LogP contribution in [0.3, 0.4) is 0 Å². The predicted octanol–water partition coefficient (Wildman–Crippen LogP) is 0.0771. The second-order valence-electron chi connectivity index (χ2n) is 2.80. The van der Waals surface area contributed by atoms with Crippen molar-refractivity contribution in [1.82, 2.24) is 0 Å². The van der Waals surface area contributed by atoms with Crippen LogP contribution in [0, 0.1) is 0 Å². The molecule has 90 valence electrons. The van der Waals surface area contributed by atoms with Crippen LogP contribution >= 0.6 is 0 Å². The molecule has 0 aromatic rings. The fourth-order valence-electron chi connectivity index (χ4n) is 0.623. The normalized spacial score (nSPS) is 8.93. The number of unbranched alkanes of at least 4 members (excludes halogenated alkanes) is 1. The zero-order chi connectivity index (χ0) is 12.1. The van der Waals surface area contributed by atoms with Gasteiger partial charge in [-0.25, -0.2) is 0 Å². The summed E-state index contributed by atoms with van der Waals surface area (Å²) in [5.41, 5.74) is 0. The quantitative estimate of drug-likeness (QED) is 0.453. The monoisotopic (exact) mass is 222 g/mol. The lowest BCUT2D eigenvalue weighted by molar-refractivity contribution is -0.139. The maximum absolute atomic E-state index is 9.90. The van der Waals surface area contributed by atoms with E-state index in [9.17, 15) is 9.59 Å². The van der Waals surface area contributed by atoms with E-state index in [4.69, 9.17) is 20.4 Å². The lowest BCUT2D eigenvalue weighted by atomic mass is 10.2. The van der Waals surface area contributed by atoms with Gasteiger partial charge >= 0.3 is 11.9 Å². The molecule has 0 radical (unpaired) electrons. The average Bonchev–Trinajstić information content (AvgIpc) is 2.14. The van der Waals surface area contributed by atoms with Gasteiger partial charge in [0.15, 0.2) is 0 Å². The van der Waals surface area contributed by atoms with Crippen LogP contribution in [0.25, 0.3) is 0 Å². The van der Waals surface area contributed by atoms with Crippen LogP contribution in [0.2, 0.25) is 0 Å². The number of hydrogen-bond donors (Lipinski definition) is 4. The van der Waals surface area contributed by atoms with Crippen molar-refractivity contribution >= 4 is 11.9 Å². The molecule has 0 aromatic carbocycles. The Kier molecular flexibility index (Phi) is 14.0. The summed E-state index contributed by atoms with van der Waals surface area (Å²) >= 11 is 0. The number of aliphatic hydroxyl groups is 2. The summed E-state index contributed by atoms with van der Waals surface area (Å²) in [7, 11) is 0. The highest BCUT2D eigenvalue weighted by molar-refractivity contribution is 5.67. The Morgan fingerprint density at radius 3 is 1.20 bits per heavy atom. The molecule has 6 nitrogen and oxygen atoms in total. The van der Waals surface area contributed by atoms with Gasteiger partial charge in [0, 0.05) is 26.1 Å². The van der Waals surface area contributed by atoms with E-state index >= 15 is 0 Å². The largest absolute Gasteiger partial charge is 0.481 e. The van der Waals surface area contributed by atoms with Gasteiger partial charge in [0.25, 0.3) is 0 Å². The molecule has 0 rings (SSSR count). The average molecular weight is 222 g/mol. The fraction of sp³-hybridized carbons (Fsp3) is 0.778. The third kappa shape index (κ3) is 24.6. The molecular formula is C9H18O6. The number of aliphatic hydroxyl groups excluding tert-OH is 2. The zero-order valence-electron chi connectivity index (χ0n) is 8.56. The minimum absolute atomic E-state index is 0.0628. The summed E-state index contributed by atoms with van der Waals surface area (Å²) in [5.74, 6) is -1.74. The highest BCUT2D eigenvalue weighted by Crippen LogP contribution is 1.98. The number of carboxylic acids is 2. The molecule has 0 aliphatic heterocycles. The molecule has 0 amide bonds. The van der Waals surface area contributed by atoms with Crippen molar-refractivity contribution in [3.63, 3.8) is 0 Å². The van der Waals surface area contributed by atoms with Gasteiger partial charge in [0.1, 0.15) is 0 Å². The standard InChI is InChI=1S/C6H10O4.C3H8O2/c7-5(8)3-1-2-4-6(9)10;4-2-1-3-5/h1-4H2,(H,7,8)(H,9,10);4-5H,1-3H2. The SMILES string of the molecule is O=C(O)CCCCC(=O)O.OCCCO. The maximum Gasteiger partial charge on any atom is 0.303 e. The summed E-state index contributed by atoms with van der Waals surface area (Å²) in [5, 5.41) is 32.1. The topological polar surface area (TPSA) is 115 Å². The van der Waals surface area contributed by atoms with Crippen LogP contribution in [-0.4, -0.2) is 45.6 Å². The van der Waals surface area contributed by atoms with Gasteiger partial charge in [0.2, 0.25) is 0 Å². The number of aliphatic carboxylic acids is 2. The first-order valence-corrected chi connectivity index (χ1v) is 4.70. The highest BCUT2D eigenvalue weighted by Gasteiger charge is 1.99. The van der Waals surface area contributed by atoms with Crippen molar-refractivity contribution in [3.05, 3.63) is 0 Å². The summed E-state index contributed by atoms with van der Waals surface area (Å²) in [6.45, 7) is 0.188. The Labute approximate surface area is 88.2 Å². The number of hydrogen-bond acceptors (Lipinski definition) is 4. The van der Waals surface area contributed by atoms with Crippen LogP contribution in [0.5, 0.6) is 0 Å². The molecule has 0 spiro atoms. The van der Waals surface area contributed by atoms with Crippen molar-refractivity contribution in [2.45, 2.75) is 32.1 Å². The Bertz CT molecular complexity index is 150. The van der Waals surface area contributed by atoms with E-state index in [2.05, 4.69) is 0 Å². The van der Waals surface area contributed by atoms with Gasteiger partial charge in [-0.05, 0) is 19.3 Å². The van der Waals surface area contributed by atoms with Crippen molar-refractivity contribution in [3.8, 4) is 0 Å². The van der Waals surface area contributed by atoms with E-state index in [1.165, 1.54) is 0 Å². The molecule has 0 aliphatic carbocycles. The molecule has 6 heteroatoms. The van der Waals surface area contributed by atoms with E-state index in [1.54, 1.807) is 0 Å². The predicted molar refractivity (Wildman–Crippen MR) is 52.5 cm³/mol. The summed E-state index contributed by atoms with van der Waals surface area (Å²) in [6.07, 6.45) is 1.52. The maximum atomic E-state index is 9.90. The van der Waals surface area contributed by atoms with E-state index in [0.29, 0.717) is 19.3 Å². The molecule has 0 saturated carbocycles. The van der Waals surface area contributed by atoms with E-state index in [-0.39, 0.29) is 26.1 Å². The molecule has 0 bridgehead atoms. The first-order chi connectivity index (χ1) is 7.04. The smallest absolute Gasteiger partial charge is 0.303 e. The molecule has 0 aromatic heterocycles. The van der Waals surface area contributed by atoms with E-state index in [1.807, 2.05) is 0 Å². The van der Waals surface area contributed by atoms with Gasteiger partial charge in [0.05, 0.1) is 0 Å². The zero-order valence-corrected chi connectivity index (χ0v) is 8.56. The molecule has 0 heterocycles. The van der Waals surface area contributed by atoms with Gasteiger partial charge < -0.3 is 20.4 Å². The van der Waals surface area contributed by atoms with Gasteiger partial charge in [-0.15, -0.1) is 0 Å². The van der Waals surface area contributed by atoms with Crippen molar-refractivity contribution in [2.24, 2.45) is 0 Å². The Hall–Kier alpha value is -1.14. The molecule has 0 aliphatic rings. The van der Waals surface area contributed by atoms with Crippen LogP contribution in [0.15, 0.2) is 0 Å². The number of carboxylic acid groups (broad SMARTS) is 2. The molecule has 0 saturated heterocycles. The first-order valence-electron chi connectivity index (χ1n) is 4.70. The Balaban J connectivity index is 0. The lowest BCUT2D eigenvalue weighted by Gasteiger charge is -1.92. The van der Waals surface area contributed by atoms with Gasteiger partial charge in [-0.3, -0.25) is 9.59 Å². The third-order valence-electron chi connectivity index (χ3n) is 1.35. The highest BCUT2D eigenvalue weighted by atomic mass is 16.4. The fourth-order valence-corrected chi connectivity index (χ4v) is 0.623. The van der Waals surface area contributed by atoms with Crippen molar-refractivity contribution in [1.29, 1.82) is 0 Å². The van der Waals surface area contributed by atoms with Crippen LogP contribution < -0.4 is 0 Å². The molecule has 0 unspecified atom stereocenters. The lowest BCUT2D eigenvalue weighted by Crippen LogP contribution is -1.97. The summed E-state index contributed by atoms with van der Waals surface area (Å²) in [4.78, 5) is 19.8. The summed E-state index contributed by atoms with van der Waals surface area (Å²) < 4.78 is 0. The first kappa shape index (κ1) is 16.3.